The average molecular weight is 278 g/mol. The van der Waals surface area contributed by atoms with E-state index in [0.29, 0.717) is 10.8 Å². The number of hydrogen-bond acceptors (Lipinski definition) is 4. The number of benzene rings is 1. The van der Waals surface area contributed by atoms with E-state index in [0.717, 1.165) is 37.4 Å². The Hall–Kier alpha value is -1.39. The summed E-state index contributed by atoms with van der Waals surface area (Å²) in [6, 6.07) is 7.51. The number of aromatic nitrogens is 2. The maximum absolute atomic E-state index is 5.99. The third-order valence-electron chi connectivity index (χ3n) is 3.88. The largest absolute Gasteiger partial charge is 0.338 e. The number of hydrogen-bond donors (Lipinski definition) is 1. The first kappa shape index (κ1) is 12.6. The zero-order valence-corrected chi connectivity index (χ0v) is 11.6. The average Bonchev–Trinajstić information content (AvgIpc) is 3.08. The van der Waals surface area contributed by atoms with Crippen molar-refractivity contribution >= 4 is 11.6 Å². The lowest BCUT2D eigenvalue weighted by molar-refractivity contribution is 0.285. The molecular weight excluding hydrogens is 262 g/mol. The highest BCUT2D eigenvalue weighted by atomic mass is 35.5. The van der Waals surface area contributed by atoms with E-state index in [-0.39, 0.29) is 5.41 Å². The third-order valence-corrected chi connectivity index (χ3v) is 4.12. The summed E-state index contributed by atoms with van der Waals surface area (Å²) in [5, 5.41) is 8.14. The van der Waals surface area contributed by atoms with Crippen LogP contribution in [-0.2, 0) is 5.41 Å². The van der Waals surface area contributed by atoms with E-state index in [2.05, 4.69) is 22.4 Å². The number of rotatable bonds is 3. The molecule has 1 saturated heterocycles. The Bertz CT molecular complexity index is 576. The molecule has 1 unspecified atom stereocenters. The molecule has 1 aliphatic heterocycles. The predicted molar refractivity (Wildman–Crippen MR) is 74.2 cm³/mol. The Morgan fingerprint density at radius 3 is 3.05 bits per heavy atom. The molecule has 0 spiro atoms. The van der Waals surface area contributed by atoms with Crippen molar-refractivity contribution in [3.05, 3.63) is 35.2 Å². The minimum atomic E-state index is -0.0101. The highest BCUT2D eigenvalue weighted by Gasteiger charge is 2.39. The van der Waals surface area contributed by atoms with Crippen molar-refractivity contribution in [3.63, 3.8) is 0 Å². The second-order valence-corrected chi connectivity index (χ2v) is 5.43. The Morgan fingerprint density at radius 2 is 2.37 bits per heavy atom. The van der Waals surface area contributed by atoms with E-state index in [1.54, 1.807) is 0 Å². The van der Waals surface area contributed by atoms with Gasteiger partial charge in [-0.1, -0.05) is 35.8 Å². The van der Waals surface area contributed by atoms with Gasteiger partial charge in [-0.15, -0.1) is 0 Å². The molecule has 0 saturated carbocycles. The third kappa shape index (κ3) is 2.26. The molecule has 4 nitrogen and oxygen atoms in total. The first-order valence-corrected chi connectivity index (χ1v) is 6.92. The standard InChI is InChI=1S/C14H16ClN3O/c1-2-14(6-7-16-9-14)13-17-12(18-19-13)10-4-3-5-11(15)8-10/h3-5,8,16H,2,6-7,9H2,1H3. The molecule has 1 fully saturated rings. The molecule has 1 aliphatic rings. The van der Waals surface area contributed by atoms with Gasteiger partial charge in [-0.25, -0.2) is 0 Å². The van der Waals surface area contributed by atoms with Gasteiger partial charge in [0, 0.05) is 17.1 Å². The Kier molecular flexibility index (Phi) is 3.29. The lowest BCUT2D eigenvalue weighted by atomic mass is 9.84. The fourth-order valence-corrected chi connectivity index (χ4v) is 2.75. The van der Waals surface area contributed by atoms with E-state index in [9.17, 15) is 0 Å². The summed E-state index contributed by atoms with van der Waals surface area (Å²) in [6.45, 7) is 4.07. The van der Waals surface area contributed by atoms with Crippen molar-refractivity contribution in [2.24, 2.45) is 0 Å². The summed E-state index contributed by atoms with van der Waals surface area (Å²) >= 11 is 5.99. The van der Waals surface area contributed by atoms with Gasteiger partial charge in [0.2, 0.25) is 11.7 Å². The molecule has 19 heavy (non-hydrogen) atoms. The number of nitrogens with one attached hydrogen (secondary N) is 1. The van der Waals surface area contributed by atoms with E-state index in [1.807, 2.05) is 24.3 Å². The smallest absolute Gasteiger partial charge is 0.234 e. The summed E-state index contributed by atoms with van der Waals surface area (Å²) in [5.41, 5.74) is 0.879. The molecule has 5 heteroatoms. The van der Waals surface area contributed by atoms with Crippen LogP contribution in [-0.4, -0.2) is 23.2 Å². The van der Waals surface area contributed by atoms with E-state index in [1.165, 1.54) is 0 Å². The fraction of sp³-hybridized carbons (Fsp3) is 0.429. The van der Waals surface area contributed by atoms with Crippen molar-refractivity contribution < 1.29 is 4.52 Å². The monoisotopic (exact) mass is 277 g/mol. The molecule has 0 radical (unpaired) electrons. The predicted octanol–water partition coefficient (Wildman–Crippen LogP) is 3.03. The van der Waals surface area contributed by atoms with Crippen LogP contribution in [0.15, 0.2) is 28.8 Å². The molecule has 1 aromatic carbocycles. The van der Waals surface area contributed by atoms with Crippen molar-refractivity contribution in [1.82, 2.24) is 15.5 Å². The van der Waals surface area contributed by atoms with Gasteiger partial charge in [0.05, 0.1) is 5.41 Å². The Balaban J connectivity index is 1.95. The zero-order chi connectivity index (χ0) is 13.3. The van der Waals surface area contributed by atoms with Crippen LogP contribution < -0.4 is 5.32 Å². The molecule has 0 aliphatic carbocycles. The topological polar surface area (TPSA) is 51.0 Å². The molecular formula is C14H16ClN3O. The maximum Gasteiger partial charge on any atom is 0.234 e. The summed E-state index contributed by atoms with van der Waals surface area (Å²) in [6.07, 6.45) is 2.04. The lowest BCUT2D eigenvalue weighted by Crippen LogP contribution is -2.28. The molecule has 1 atom stereocenters. The van der Waals surface area contributed by atoms with Crippen LogP contribution in [0.3, 0.4) is 0 Å². The van der Waals surface area contributed by atoms with Crippen LogP contribution in [0.5, 0.6) is 0 Å². The van der Waals surface area contributed by atoms with Crippen LogP contribution in [0.4, 0.5) is 0 Å². The summed E-state index contributed by atoms with van der Waals surface area (Å²) < 4.78 is 5.49. The van der Waals surface area contributed by atoms with Gasteiger partial charge < -0.3 is 9.84 Å². The summed E-state index contributed by atoms with van der Waals surface area (Å²) in [5.74, 6) is 1.34. The molecule has 2 aromatic rings. The first-order chi connectivity index (χ1) is 9.23. The van der Waals surface area contributed by atoms with E-state index < -0.39 is 0 Å². The van der Waals surface area contributed by atoms with Gasteiger partial charge in [-0.05, 0) is 31.5 Å². The van der Waals surface area contributed by atoms with E-state index in [4.69, 9.17) is 16.1 Å². The molecule has 1 N–H and O–H groups in total. The van der Waals surface area contributed by atoms with Gasteiger partial charge in [0.25, 0.3) is 0 Å². The molecule has 0 bridgehead atoms. The normalized spacial score (nSPS) is 22.8. The van der Waals surface area contributed by atoms with Gasteiger partial charge >= 0.3 is 0 Å². The van der Waals surface area contributed by atoms with E-state index >= 15 is 0 Å². The van der Waals surface area contributed by atoms with Crippen LogP contribution >= 0.6 is 11.6 Å². The van der Waals surface area contributed by atoms with Crippen molar-refractivity contribution in [1.29, 1.82) is 0 Å². The second-order valence-electron chi connectivity index (χ2n) is 4.99. The molecule has 100 valence electrons. The minimum absolute atomic E-state index is 0.0101. The van der Waals surface area contributed by atoms with Gasteiger partial charge in [-0.3, -0.25) is 0 Å². The highest BCUT2D eigenvalue weighted by Crippen LogP contribution is 2.34. The summed E-state index contributed by atoms with van der Waals surface area (Å²) in [4.78, 5) is 4.57. The maximum atomic E-state index is 5.99. The number of halogens is 1. The van der Waals surface area contributed by atoms with Crippen LogP contribution in [0.2, 0.25) is 5.02 Å². The molecule has 2 heterocycles. The van der Waals surface area contributed by atoms with Gasteiger partial charge in [-0.2, -0.15) is 4.98 Å². The first-order valence-electron chi connectivity index (χ1n) is 6.54. The SMILES string of the molecule is CCC1(c2nc(-c3cccc(Cl)c3)no2)CCNC1. The molecule has 1 aromatic heterocycles. The summed E-state index contributed by atoms with van der Waals surface area (Å²) in [7, 11) is 0. The minimum Gasteiger partial charge on any atom is -0.338 e. The molecule has 3 rings (SSSR count). The number of nitrogens with zero attached hydrogens (tertiary/aromatic N) is 2. The fourth-order valence-electron chi connectivity index (χ4n) is 2.56. The van der Waals surface area contributed by atoms with Crippen LogP contribution in [0, 0.1) is 0 Å². The second kappa shape index (κ2) is 4.94. The van der Waals surface area contributed by atoms with Crippen molar-refractivity contribution in [3.8, 4) is 11.4 Å². The van der Waals surface area contributed by atoms with Crippen molar-refractivity contribution in [2.45, 2.75) is 25.2 Å². The van der Waals surface area contributed by atoms with Crippen molar-refractivity contribution in [2.75, 3.05) is 13.1 Å². The van der Waals surface area contributed by atoms with Crippen LogP contribution in [0.1, 0.15) is 25.7 Å². The van der Waals surface area contributed by atoms with Gasteiger partial charge in [0.15, 0.2) is 0 Å². The Morgan fingerprint density at radius 1 is 1.47 bits per heavy atom. The zero-order valence-electron chi connectivity index (χ0n) is 10.8. The highest BCUT2D eigenvalue weighted by molar-refractivity contribution is 6.30. The van der Waals surface area contributed by atoms with Crippen LogP contribution in [0.25, 0.3) is 11.4 Å². The van der Waals surface area contributed by atoms with Gasteiger partial charge in [0.1, 0.15) is 0 Å². The lowest BCUT2D eigenvalue weighted by Gasteiger charge is -2.20. The Labute approximate surface area is 117 Å². The quantitative estimate of drug-likeness (QED) is 0.937. The molecule has 0 amide bonds.